The van der Waals surface area contributed by atoms with Gasteiger partial charge in [0.05, 0.1) is 0 Å². The number of hydrogen-bond acceptors (Lipinski definition) is 5. The highest BCUT2D eigenvalue weighted by molar-refractivity contribution is 5.96. The molecule has 0 bridgehead atoms. The Kier molecular flexibility index (Phi) is 6.24. The van der Waals surface area contributed by atoms with E-state index in [0.717, 1.165) is 18.7 Å². The fourth-order valence-corrected chi connectivity index (χ4v) is 1.60. The van der Waals surface area contributed by atoms with Crippen LogP contribution in [0.25, 0.3) is 0 Å². The largest absolute Gasteiger partial charge is 0.409 e. The summed E-state index contributed by atoms with van der Waals surface area (Å²) in [5.41, 5.74) is 7.03. The van der Waals surface area contributed by atoms with E-state index in [9.17, 15) is 0 Å². The predicted octanol–water partition coefficient (Wildman–Crippen LogP) is 0.606. The van der Waals surface area contributed by atoms with Crippen LogP contribution in [0.5, 0.6) is 0 Å². The van der Waals surface area contributed by atoms with E-state index in [4.69, 9.17) is 10.9 Å². The first kappa shape index (κ1) is 15.4. The number of likely N-dealkylation sites (N-methyl/N-ethyl adjacent to an activating group) is 1. The van der Waals surface area contributed by atoms with Gasteiger partial charge in [0.1, 0.15) is 5.69 Å². The quantitative estimate of drug-likeness (QED) is 0.221. The van der Waals surface area contributed by atoms with Gasteiger partial charge in [0.15, 0.2) is 5.84 Å². The molecule has 1 rings (SSSR count). The second-order valence-corrected chi connectivity index (χ2v) is 4.75. The summed E-state index contributed by atoms with van der Waals surface area (Å²) in [6, 6.07) is 4.29. The maximum Gasteiger partial charge on any atom is 0.189 e. The number of oxime groups is 1. The van der Waals surface area contributed by atoms with Crippen LogP contribution in [0.3, 0.4) is 0 Å². The number of hydrogen-bond donors (Lipinski definition) is 3. The molecular formula is C13H23N5O. The maximum absolute atomic E-state index is 8.71. The van der Waals surface area contributed by atoms with Crippen LogP contribution in [0, 0.1) is 0 Å². The third kappa shape index (κ3) is 4.84. The average molecular weight is 265 g/mol. The molecule has 0 aromatic carbocycles. The van der Waals surface area contributed by atoms with Gasteiger partial charge in [-0.3, -0.25) is 4.98 Å². The Morgan fingerprint density at radius 2 is 2.32 bits per heavy atom. The monoisotopic (exact) mass is 265 g/mol. The predicted molar refractivity (Wildman–Crippen MR) is 76.2 cm³/mol. The van der Waals surface area contributed by atoms with Gasteiger partial charge in [-0.25, -0.2) is 0 Å². The molecule has 0 fully saturated rings. The molecule has 0 saturated heterocycles. The first-order valence-corrected chi connectivity index (χ1v) is 6.39. The van der Waals surface area contributed by atoms with Gasteiger partial charge in [-0.05, 0) is 32.5 Å². The Balaban J connectivity index is 2.50. The van der Waals surface area contributed by atoms with Crippen molar-refractivity contribution in [2.75, 3.05) is 20.1 Å². The van der Waals surface area contributed by atoms with Gasteiger partial charge >= 0.3 is 0 Å². The van der Waals surface area contributed by atoms with Gasteiger partial charge in [-0.1, -0.05) is 11.2 Å². The minimum absolute atomic E-state index is 0.0386. The number of nitrogens with two attached hydrogens (primary N) is 1. The van der Waals surface area contributed by atoms with Gasteiger partial charge in [0, 0.05) is 31.9 Å². The molecule has 19 heavy (non-hydrogen) atoms. The Bertz CT molecular complexity index is 419. The van der Waals surface area contributed by atoms with Crippen molar-refractivity contribution in [2.45, 2.75) is 26.4 Å². The molecule has 1 aromatic heterocycles. The molecule has 6 nitrogen and oxygen atoms in total. The van der Waals surface area contributed by atoms with Crippen LogP contribution >= 0.6 is 0 Å². The maximum atomic E-state index is 8.71. The second kappa shape index (κ2) is 7.70. The van der Waals surface area contributed by atoms with Crippen LogP contribution in [-0.4, -0.2) is 47.1 Å². The fourth-order valence-electron chi connectivity index (χ4n) is 1.60. The fraction of sp³-hybridized carbons (Fsp3) is 0.538. The van der Waals surface area contributed by atoms with Crippen molar-refractivity contribution in [3.05, 3.63) is 29.6 Å². The molecule has 0 radical (unpaired) electrons. The molecule has 0 atom stereocenters. The first-order valence-electron chi connectivity index (χ1n) is 6.39. The van der Waals surface area contributed by atoms with Crippen molar-refractivity contribution in [1.29, 1.82) is 0 Å². The number of aromatic nitrogens is 1. The lowest BCUT2D eigenvalue weighted by molar-refractivity contribution is 0.273. The third-order valence-corrected chi connectivity index (χ3v) is 3.08. The second-order valence-electron chi connectivity index (χ2n) is 4.75. The molecule has 106 valence electrons. The lowest BCUT2D eigenvalue weighted by atomic mass is 10.2. The zero-order valence-corrected chi connectivity index (χ0v) is 11.8. The number of rotatable bonds is 7. The zero-order chi connectivity index (χ0) is 14.3. The molecule has 0 spiro atoms. The van der Waals surface area contributed by atoms with Crippen LogP contribution in [0.2, 0.25) is 0 Å². The molecule has 0 unspecified atom stereocenters. The molecular weight excluding hydrogens is 242 g/mol. The molecule has 0 amide bonds. The lowest BCUT2D eigenvalue weighted by Gasteiger charge is -2.21. The molecule has 0 aliphatic carbocycles. The van der Waals surface area contributed by atoms with Crippen molar-refractivity contribution in [1.82, 2.24) is 15.2 Å². The van der Waals surface area contributed by atoms with Gasteiger partial charge in [0.2, 0.25) is 0 Å². The van der Waals surface area contributed by atoms with Gasteiger partial charge in [0.25, 0.3) is 0 Å². The highest BCUT2D eigenvalue weighted by Crippen LogP contribution is 2.04. The Hall–Kier alpha value is -1.66. The average Bonchev–Trinajstić information content (AvgIpc) is 2.42. The molecule has 1 aromatic rings. The van der Waals surface area contributed by atoms with E-state index in [-0.39, 0.29) is 5.84 Å². The summed E-state index contributed by atoms with van der Waals surface area (Å²) in [4.78, 5) is 6.39. The number of nitrogens with one attached hydrogen (secondary N) is 1. The molecule has 4 N–H and O–H groups in total. The van der Waals surface area contributed by atoms with E-state index in [1.54, 1.807) is 6.20 Å². The molecule has 1 heterocycles. The number of pyridine rings is 1. The van der Waals surface area contributed by atoms with Crippen molar-refractivity contribution in [3.8, 4) is 0 Å². The first-order chi connectivity index (χ1) is 9.06. The topological polar surface area (TPSA) is 86.8 Å². The molecule has 0 aliphatic heterocycles. The van der Waals surface area contributed by atoms with Crippen LogP contribution in [0.15, 0.2) is 23.5 Å². The SMILES string of the molecule is CC(C)N(C)CCNCc1cccnc1C(N)=NO. The van der Waals surface area contributed by atoms with Crippen molar-refractivity contribution < 1.29 is 5.21 Å². The Labute approximate surface area is 114 Å². The normalized spacial score (nSPS) is 12.4. The number of nitrogens with zero attached hydrogens (tertiary/aromatic N) is 3. The molecule has 0 aliphatic rings. The zero-order valence-electron chi connectivity index (χ0n) is 11.8. The summed E-state index contributed by atoms with van der Waals surface area (Å²) < 4.78 is 0. The van der Waals surface area contributed by atoms with Gasteiger partial charge < -0.3 is 21.2 Å². The van der Waals surface area contributed by atoms with Crippen LogP contribution in [0.1, 0.15) is 25.1 Å². The van der Waals surface area contributed by atoms with E-state index in [0.29, 0.717) is 18.3 Å². The lowest BCUT2D eigenvalue weighted by Crippen LogP contribution is -2.33. The van der Waals surface area contributed by atoms with Crippen LogP contribution in [0.4, 0.5) is 0 Å². The van der Waals surface area contributed by atoms with E-state index < -0.39 is 0 Å². The standard InChI is InChI=1S/C13H23N5O/c1-10(2)18(3)8-7-15-9-11-5-4-6-16-12(11)13(14)17-19/h4-6,10,15,19H,7-9H2,1-3H3,(H2,14,17). The van der Waals surface area contributed by atoms with Gasteiger partial charge in [-0.15, -0.1) is 0 Å². The third-order valence-electron chi connectivity index (χ3n) is 3.08. The highest BCUT2D eigenvalue weighted by atomic mass is 16.4. The summed E-state index contributed by atoms with van der Waals surface area (Å²) in [5, 5.41) is 15.0. The van der Waals surface area contributed by atoms with Crippen molar-refractivity contribution in [3.63, 3.8) is 0 Å². The van der Waals surface area contributed by atoms with E-state index in [1.165, 1.54) is 0 Å². The minimum atomic E-state index is 0.0386. The summed E-state index contributed by atoms with van der Waals surface area (Å²) in [5.74, 6) is 0.0386. The van der Waals surface area contributed by atoms with E-state index >= 15 is 0 Å². The molecule has 0 saturated carbocycles. The summed E-state index contributed by atoms with van der Waals surface area (Å²) >= 11 is 0. The highest BCUT2D eigenvalue weighted by Gasteiger charge is 2.08. The van der Waals surface area contributed by atoms with E-state index in [2.05, 4.69) is 41.3 Å². The summed E-state index contributed by atoms with van der Waals surface area (Å²) in [7, 11) is 2.10. The molecule has 6 heteroatoms. The van der Waals surface area contributed by atoms with Gasteiger partial charge in [-0.2, -0.15) is 0 Å². The number of amidine groups is 1. The Morgan fingerprint density at radius 1 is 1.58 bits per heavy atom. The Morgan fingerprint density at radius 3 is 2.95 bits per heavy atom. The van der Waals surface area contributed by atoms with Crippen molar-refractivity contribution >= 4 is 5.84 Å². The summed E-state index contributed by atoms with van der Waals surface area (Å²) in [6.07, 6.45) is 1.63. The summed E-state index contributed by atoms with van der Waals surface area (Å²) in [6.45, 7) is 6.82. The van der Waals surface area contributed by atoms with Crippen LogP contribution in [-0.2, 0) is 6.54 Å². The van der Waals surface area contributed by atoms with Crippen molar-refractivity contribution in [2.24, 2.45) is 10.9 Å². The van der Waals surface area contributed by atoms with Crippen LogP contribution < -0.4 is 11.1 Å². The minimum Gasteiger partial charge on any atom is -0.409 e. The smallest absolute Gasteiger partial charge is 0.189 e. The van der Waals surface area contributed by atoms with E-state index in [1.807, 2.05) is 12.1 Å².